The SMILES string of the molecule is CC(C)(C)S(=O)c1ccccc1C=O. The Morgan fingerprint density at radius 2 is 1.79 bits per heavy atom. The molecule has 1 aromatic carbocycles. The van der Waals surface area contributed by atoms with Crippen LogP contribution in [0, 0.1) is 0 Å². The van der Waals surface area contributed by atoms with Gasteiger partial charge in [0, 0.05) is 15.2 Å². The number of benzene rings is 1. The largest absolute Gasteiger partial charge is 0.298 e. The standard InChI is InChI=1S/C11H14O2S/c1-11(2,3)14(13)10-7-5-4-6-9(10)8-12/h4-8H,1-3H3. The van der Waals surface area contributed by atoms with E-state index in [1.54, 1.807) is 24.3 Å². The van der Waals surface area contributed by atoms with Crippen molar-refractivity contribution < 1.29 is 9.00 Å². The van der Waals surface area contributed by atoms with Crippen LogP contribution in [0.4, 0.5) is 0 Å². The zero-order valence-electron chi connectivity index (χ0n) is 8.61. The van der Waals surface area contributed by atoms with Crippen molar-refractivity contribution in [3.63, 3.8) is 0 Å². The lowest BCUT2D eigenvalue weighted by molar-refractivity contribution is 0.112. The summed E-state index contributed by atoms with van der Waals surface area (Å²) in [6, 6.07) is 7.00. The molecule has 1 atom stereocenters. The van der Waals surface area contributed by atoms with Gasteiger partial charge in [0.05, 0.1) is 10.8 Å². The highest BCUT2D eigenvalue weighted by molar-refractivity contribution is 7.86. The average molecular weight is 210 g/mol. The zero-order valence-corrected chi connectivity index (χ0v) is 9.43. The number of hydrogen-bond donors (Lipinski definition) is 0. The van der Waals surface area contributed by atoms with Crippen LogP contribution in [0.25, 0.3) is 0 Å². The van der Waals surface area contributed by atoms with Crippen molar-refractivity contribution in [3.05, 3.63) is 29.8 Å². The molecule has 0 N–H and O–H groups in total. The van der Waals surface area contributed by atoms with E-state index in [0.717, 1.165) is 6.29 Å². The number of carbonyl (C=O) groups is 1. The van der Waals surface area contributed by atoms with E-state index in [1.807, 2.05) is 20.8 Å². The molecule has 0 spiro atoms. The predicted octanol–water partition coefficient (Wildman–Crippen LogP) is 2.41. The second kappa shape index (κ2) is 4.05. The molecule has 76 valence electrons. The van der Waals surface area contributed by atoms with Crippen molar-refractivity contribution in [3.8, 4) is 0 Å². The first kappa shape index (κ1) is 11.1. The van der Waals surface area contributed by atoms with Crippen LogP contribution in [0.3, 0.4) is 0 Å². The fourth-order valence-electron chi connectivity index (χ4n) is 1.08. The van der Waals surface area contributed by atoms with Crippen molar-refractivity contribution in [1.29, 1.82) is 0 Å². The second-order valence-electron chi connectivity index (χ2n) is 4.04. The highest BCUT2D eigenvalue weighted by Crippen LogP contribution is 2.22. The Bertz CT molecular complexity index is 364. The molecule has 0 aliphatic carbocycles. The summed E-state index contributed by atoms with van der Waals surface area (Å²) in [6.07, 6.45) is 0.749. The third kappa shape index (κ3) is 2.29. The first-order chi connectivity index (χ1) is 6.46. The third-order valence-electron chi connectivity index (χ3n) is 1.80. The molecule has 3 heteroatoms. The smallest absolute Gasteiger partial charge is 0.151 e. The van der Waals surface area contributed by atoms with E-state index < -0.39 is 10.8 Å². The van der Waals surface area contributed by atoms with E-state index in [0.29, 0.717) is 10.5 Å². The van der Waals surface area contributed by atoms with E-state index in [9.17, 15) is 9.00 Å². The van der Waals surface area contributed by atoms with Crippen molar-refractivity contribution in [2.24, 2.45) is 0 Å². The zero-order chi connectivity index (χ0) is 10.8. The molecule has 1 rings (SSSR count). The first-order valence-electron chi connectivity index (χ1n) is 4.43. The first-order valence-corrected chi connectivity index (χ1v) is 5.58. The highest BCUT2D eigenvalue weighted by atomic mass is 32.2. The summed E-state index contributed by atoms with van der Waals surface area (Å²) in [6.45, 7) is 5.68. The fourth-order valence-corrected chi connectivity index (χ4v) is 2.27. The van der Waals surface area contributed by atoms with Crippen molar-refractivity contribution in [2.45, 2.75) is 30.4 Å². The van der Waals surface area contributed by atoms with E-state index >= 15 is 0 Å². The van der Waals surface area contributed by atoms with Crippen LogP contribution in [0.2, 0.25) is 0 Å². The van der Waals surface area contributed by atoms with Gasteiger partial charge >= 0.3 is 0 Å². The Morgan fingerprint density at radius 3 is 2.29 bits per heavy atom. The summed E-state index contributed by atoms with van der Waals surface area (Å²) in [4.78, 5) is 11.3. The lowest BCUT2D eigenvalue weighted by Crippen LogP contribution is -2.22. The maximum Gasteiger partial charge on any atom is 0.151 e. The van der Waals surface area contributed by atoms with Gasteiger partial charge in [-0.1, -0.05) is 18.2 Å². The van der Waals surface area contributed by atoms with Crippen molar-refractivity contribution in [1.82, 2.24) is 0 Å². The Morgan fingerprint density at radius 1 is 1.21 bits per heavy atom. The summed E-state index contributed by atoms with van der Waals surface area (Å²) in [5.41, 5.74) is 0.515. The average Bonchev–Trinajstić information content (AvgIpc) is 2.15. The minimum absolute atomic E-state index is 0.334. The molecule has 0 aromatic heterocycles. The summed E-state index contributed by atoms with van der Waals surface area (Å²) < 4.78 is 11.7. The molecule has 0 radical (unpaired) electrons. The van der Waals surface area contributed by atoms with Gasteiger partial charge in [-0.25, -0.2) is 0 Å². The molecule has 0 aliphatic heterocycles. The molecule has 0 fully saturated rings. The number of hydrogen-bond acceptors (Lipinski definition) is 2. The van der Waals surface area contributed by atoms with E-state index in [1.165, 1.54) is 0 Å². The lowest BCUT2D eigenvalue weighted by atomic mass is 10.2. The highest BCUT2D eigenvalue weighted by Gasteiger charge is 2.22. The molecular formula is C11H14O2S. The maximum absolute atomic E-state index is 12.0. The van der Waals surface area contributed by atoms with Gasteiger partial charge in [-0.2, -0.15) is 0 Å². The molecule has 14 heavy (non-hydrogen) atoms. The number of carbonyl (C=O) groups excluding carboxylic acids is 1. The minimum Gasteiger partial charge on any atom is -0.298 e. The van der Waals surface area contributed by atoms with Crippen LogP contribution >= 0.6 is 0 Å². The normalized spacial score (nSPS) is 13.6. The molecule has 0 bridgehead atoms. The van der Waals surface area contributed by atoms with Crippen LogP contribution in [0.5, 0.6) is 0 Å². The lowest BCUT2D eigenvalue weighted by Gasteiger charge is -2.18. The summed E-state index contributed by atoms with van der Waals surface area (Å²) in [5, 5.41) is 0. The van der Waals surface area contributed by atoms with Crippen LogP contribution in [0.15, 0.2) is 29.2 Å². The quantitative estimate of drug-likeness (QED) is 0.702. The van der Waals surface area contributed by atoms with Gasteiger partial charge < -0.3 is 0 Å². The van der Waals surface area contributed by atoms with E-state index in [2.05, 4.69) is 0 Å². The minimum atomic E-state index is -1.14. The second-order valence-corrected chi connectivity index (χ2v) is 6.24. The Kier molecular flexibility index (Phi) is 3.21. The molecule has 0 saturated carbocycles. The van der Waals surface area contributed by atoms with E-state index in [4.69, 9.17) is 0 Å². The van der Waals surface area contributed by atoms with Gasteiger partial charge in [-0.3, -0.25) is 9.00 Å². The Hall–Kier alpha value is -0.960. The van der Waals surface area contributed by atoms with Crippen molar-refractivity contribution in [2.75, 3.05) is 0 Å². The predicted molar refractivity (Wildman–Crippen MR) is 58.0 cm³/mol. The topological polar surface area (TPSA) is 34.1 Å². The van der Waals surface area contributed by atoms with Crippen molar-refractivity contribution >= 4 is 17.1 Å². The molecule has 2 nitrogen and oxygen atoms in total. The summed E-state index contributed by atoms with van der Waals surface area (Å²) in [7, 11) is -1.14. The summed E-state index contributed by atoms with van der Waals surface area (Å²) in [5.74, 6) is 0. The molecular weight excluding hydrogens is 196 g/mol. The fraction of sp³-hybridized carbons (Fsp3) is 0.364. The van der Waals surface area contributed by atoms with Crippen LogP contribution < -0.4 is 0 Å². The monoisotopic (exact) mass is 210 g/mol. The molecule has 1 aromatic rings. The van der Waals surface area contributed by atoms with Gasteiger partial charge in [-0.05, 0) is 26.8 Å². The number of aldehydes is 1. The van der Waals surface area contributed by atoms with Gasteiger partial charge in [0.15, 0.2) is 6.29 Å². The van der Waals surface area contributed by atoms with Crippen LogP contribution in [-0.2, 0) is 10.8 Å². The molecule has 0 aliphatic rings. The molecule has 0 saturated heterocycles. The van der Waals surface area contributed by atoms with Crippen LogP contribution in [0.1, 0.15) is 31.1 Å². The van der Waals surface area contributed by atoms with Gasteiger partial charge in [0.2, 0.25) is 0 Å². The number of rotatable bonds is 2. The Labute approximate surface area is 86.8 Å². The molecule has 0 heterocycles. The third-order valence-corrected chi connectivity index (χ3v) is 3.69. The molecule has 1 unspecified atom stereocenters. The Balaban J connectivity index is 3.19. The maximum atomic E-state index is 12.0. The van der Waals surface area contributed by atoms with Gasteiger partial charge in [-0.15, -0.1) is 0 Å². The van der Waals surface area contributed by atoms with Gasteiger partial charge in [0.25, 0.3) is 0 Å². The van der Waals surface area contributed by atoms with E-state index in [-0.39, 0.29) is 4.75 Å². The van der Waals surface area contributed by atoms with Gasteiger partial charge in [0.1, 0.15) is 0 Å². The summed E-state index contributed by atoms with van der Waals surface area (Å²) >= 11 is 0. The molecule has 0 amide bonds. The van der Waals surface area contributed by atoms with Crippen LogP contribution in [-0.4, -0.2) is 15.2 Å².